The van der Waals surface area contributed by atoms with E-state index in [4.69, 9.17) is 16.3 Å². The molecule has 3 aromatic rings. The van der Waals surface area contributed by atoms with E-state index in [0.29, 0.717) is 16.6 Å². The largest absolute Gasteiger partial charge is 0.452 e. The van der Waals surface area contributed by atoms with Crippen molar-refractivity contribution in [1.82, 2.24) is 0 Å². The van der Waals surface area contributed by atoms with Crippen molar-refractivity contribution in [2.45, 2.75) is 6.18 Å². The van der Waals surface area contributed by atoms with Crippen molar-refractivity contribution in [1.29, 1.82) is 0 Å². The normalized spacial score (nSPS) is 11.3. The number of carbonyl (C=O) groups is 2. The number of anilines is 1. The van der Waals surface area contributed by atoms with Gasteiger partial charge in [0.1, 0.15) is 5.56 Å². The average molecular weight is 506 g/mol. The summed E-state index contributed by atoms with van der Waals surface area (Å²) in [4.78, 5) is 35.6. The fourth-order valence-corrected chi connectivity index (χ4v) is 3.02. The number of amides is 1. The highest BCUT2D eigenvalue weighted by atomic mass is 35.5. The number of hydrogen-bond donors (Lipinski definition) is 0. The van der Waals surface area contributed by atoms with Gasteiger partial charge < -0.3 is 4.74 Å². The molecule has 0 heterocycles. The first-order valence-electron chi connectivity index (χ1n) is 9.76. The molecule has 0 aliphatic carbocycles. The smallest absolute Gasteiger partial charge is 0.416 e. The van der Waals surface area contributed by atoms with Gasteiger partial charge in [0.05, 0.1) is 22.4 Å². The molecule has 35 heavy (non-hydrogen) atoms. The summed E-state index contributed by atoms with van der Waals surface area (Å²) in [5.74, 6) is -2.22. The van der Waals surface area contributed by atoms with Gasteiger partial charge in [0.2, 0.25) is 0 Å². The maximum Gasteiger partial charge on any atom is 0.416 e. The number of nitro benzene ring substituents is 1. The lowest BCUT2D eigenvalue weighted by molar-refractivity contribution is -0.385. The van der Waals surface area contributed by atoms with Crippen LogP contribution in [-0.4, -0.2) is 29.6 Å². The van der Waals surface area contributed by atoms with Gasteiger partial charge in [-0.2, -0.15) is 23.3 Å². The van der Waals surface area contributed by atoms with Crippen molar-refractivity contribution < 1.29 is 32.4 Å². The molecule has 0 N–H and O–H groups in total. The van der Waals surface area contributed by atoms with Crippen molar-refractivity contribution in [2.24, 2.45) is 5.10 Å². The van der Waals surface area contributed by atoms with Crippen LogP contribution in [0.3, 0.4) is 0 Å². The Morgan fingerprint density at radius 2 is 1.77 bits per heavy atom. The van der Waals surface area contributed by atoms with E-state index in [1.807, 2.05) is 0 Å². The molecule has 0 saturated heterocycles. The van der Waals surface area contributed by atoms with E-state index in [-0.39, 0.29) is 10.7 Å². The maximum atomic E-state index is 13.2. The molecule has 0 aromatic heterocycles. The molecule has 3 aromatic carbocycles. The second kappa shape index (κ2) is 10.8. The Kier molecular flexibility index (Phi) is 7.82. The minimum Gasteiger partial charge on any atom is -0.452 e. The Balaban J connectivity index is 1.88. The summed E-state index contributed by atoms with van der Waals surface area (Å²) in [6, 6.07) is 15.5. The number of alkyl halides is 3. The lowest BCUT2D eigenvalue weighted by Crippen LogP contribution is -2.31. The van der Waals surface area contributed by atoms with Crippen molar-refractivity contribution in [3.63, 3.8) is 0 Å². The number of ether oxygens (including phenoxy) is 1. The molecule has 0 bridgehead atoms. The first-order chi connectivity index (χ1) is 16.6. The zero-order valence-electron chi connectivity index (χ0n) is 17.6. The molecule has 180 valence electrons. The summed E-state index contributed by atoms with van der Waals surface area (Å²) in [5.41, 5.74) is -1.79. The van der Waals surface area contributed by atoms with Crippen molar-refractivity contribution in [2.75, 3.05) is 11.6 Å². The number of nitrogens with zero attached hydrogens (tertiary/aromatic N) is 3. The molecule has 0 spiro atoms. The third kappa shape index (κ3) is 6.64. The van der Waals surface area contributed by atoms with Crippen LogP contribution in [0.5, 0.6) is 0 Å². The highest BCUT2D eigenvalue weighted by Crippen LogP contribution is 2.32. The van der Waals surface area contributed by atoms with E-state index in [1.54, 1.807) is 30.3 Å². The van der Waals surface area contributed by atoms with Gasteiger partial charge in [-0.3, -0.25) is 14.9 Å². The Labute approximate surface area is 201 Å². The number of rotatable bonds is 7. The number of benzene rings is 3. The first kappa shape index (κ1) is 25.4. The Hall–Kier alpha value is -4.25. The van der Waals surface area contributed by atoms with Crippen molar-refractivity contribution in [3.8, 4) is 0 Å². The van der Waals surface area contributed by atoms with E-state index in [9.17, 15) is 32.9 Å². The molecular formula is C23H15ClF3N3O5. The number of nitro groups is 1. The zero-order valence-corrected chi connectivity index (χ0v) is 18.4. The van der Waals surface area contributed by atoms with Gasteiger partial charge in [-0.1, -0.05) is 48.0 Å². The minimum absolute atomic E-state index is 0.0203. The highest BCUT2D eigenvalue weighted by molar-refractivity contribution is 6.31. The topological polar surface area (TPSA) is 102 Å². The standard InChI is InChI=1S/C23H15ClF3N3O5/c24-17-9-10-20(30(33)34)19(12-17)22(32)35-14-21(31)29(28-13-15-5-2-1-3-6-15)18-8-4-7-16(11-18)23(25,26)27/h1-13H,14H2/b28-13-. The molecule has 0 aliphatic heterocycles. The molecule has 1 amide bonds. The predicted octanol–water partition coefficient (Wildman–Crippen LogP) is 5.49. The van der Waals surface area contributed by atoms with Crippen LogP contribution in [0.25, 0.3) is 0 Å². The molecule has 0 aliphatic rings. The lowest BCUT2D eigenvalue weighted by Gasteiger charge is -2.18. The second-order valence-electron chi connectivity index (χ2n) is 6.90. The lowest BCUT2D eigenvalue weighted by atomic mass is 10.2. The Morgan fingerprint density at radius 3 is 2.43 bits per heavy atom. The summed E-state index contributed by atoms with van der Waals surface area (Å²) >= 11 is 5.79. The molecule has 0 atom stereocenters. The Morgan fingerprint density at radius 1 is 1.06 bits per heavy atom. The van der Waals surface area contributed by atoms with Crippen LogP contribution < -0.4 is 5.01 Å². The third-order valence-corrected chi connectivity index (χ3v) is 4.71. The molecule has 0 radical (unpaired) electrons. The van der Waals surface area contributed by atoms with Crippen molar-refractivity contribution in [3.05, 3.63) is 105 Å². The minimum atomic E-state index is -4.67. The SMILES string of the molecule is O=C(OCC(=O)N(/N=C\c1ccccc1)c1cccc(C(F)(F)F)c1)c1cc(Cl)ccc1[N+](=O)[O-]. The van der Waals surface area contributed by atoms with Crippen molar-refractivity contribution >= 4 is 41.1 Å². The summed E-state index contributed by atoms with van der Waals surface area (Å²) in [5, 5.41) is 15.8. The number of hydrazone groups is 1. The molecule has 3 rings (SSSR count). The molecule has 0 fully saturated rings. The summed E-state index contributed by atoms with van der Waals surface area (Å²) in [6.07, 6.45) is -3.44. The second-order valence-corrected chi connectivity index (χ2v) is 7.34. The molecular weight excluding hydrogens is 491 g/mol. The quantitative estimate of drug-likeness (QED) is 0.183. The van der Waals surface area contributed by atoms with Crippen LogP contribution in [0.4, 0.5) is 24.5 Å². The molecule has 8 nitrogen and oxygen atoms in total. The number of esters is 1. The van der Waals surface area contributed by atoms with Crippen LogP contribution in [-0.2, 0) is 15.7 Å². The monoisotopic (exact) mass is 505 g/mol. The molecule has 0 saturated carbocycles. The third-order valence-electron chi connectivity index (χ3n) is 4.48. The van der Waals surface area contributed by atoms with Crippen LogP contribution in [0.1, 0.15) is 21.5 Å². The maximum absolute atomic E-state index is 13.2. The number of hydrogen-bond acceptors (Lipinski definition) is 6. The van der Waals surface area contributed by atoms with Gasteiger partial charge >= 0.3 is 12.1 Å². The van der Waals surface area contributed by atoms with Crippen LogP contribution in [0, 0.1) is 10.1 Å². The van der Waals surface area contributed by atoms with E-state index >= 15 is 0 Å². The fraction of sp³-hybridized carbons (Fsp3) is 0.0870. The van der Waals surface area contributed by atoms with E-state index in [0.717, 1.165) is 24.3 Å². The van der Waals surface area contributed by atoms with Crippen LogP contribution in [0.15, 0.2) is 77.9 Å². The van der Waals surface area contributed by atoms with Gasteiger partial charge in [0, 0.05) is 11.1 Å². The molecule has 12 heteroatoms. The van der Waals surface area contributed by atoms with Gasteiger partial charge in [-0.15, -0.1) is 0 Å². The Bertz CT molecular complexity index is 1280. The zero-order chi connectivity index (χ0) is 25.6. The summed E-state index contributed by atoms with van der Waals surface area (Å²) < 4.78 is 44.4. The number of carbonyl (C=O) groups excluding carboxylic acids is 2. The first-order valence-corrected chi connectivity index (χ1v) is 10.1. The number of halogens is 4. The van der Waals surface area contributed by atoms with E-state index in [2.05, 4.69) is 5.10 Å². The van der Waals surface area contributed by atoms with Gasteiger partial charge in [0.15, 0.2) is 6.61 Å². The van der Waals surface area contributed by atoms with E-state index < -0.39 is 46.4 Å². The molecule has 0 unspecified atom stereocenters. The fourth-order valence-electron chi connectivity index (χ4n) is 2.85. The van der Waals surface area contributed by atoms with Crippen LogP contribution in [0.2, 0.25) is 5.02 Å². The van der Waals surface area contributed by atoms with Gasteiger partial charge in [0.25, 0.3) is 11.6 Å². The van der Waals surface area contributed by atoms with E-state index in [1.165, 1.54) is 18.3 Å². The summed E-state index contributed by atoms with van der Waals surface area (Å²) in [7, 11) is 0. The average Bonchev–Trinajstić information content (AvgIpc) is 2.82. The van der Waals surface area contributed by atoms with Gasteiger partial charge in [-0.25, -0.2) is 4.79 Å². The summed E-state index contributed by atoms with van der Waals surface area (Å²) in [6.45, 7) is -0.967. The van der Waals surface area contributed by atoms with Crippen LogP contribution >= 0.6 is 11.6 Å². The highest BCUT2D eigenvalue weighted by Gasteiger charge is 2.31. The predicted molar refractivity (Wildman–Crippen MR) is 121 cm³/mol. The van der Waals surface area contributed by atoms with Gasteiger partial charge in [-0.05, 0) is 35.9 Å².